The van der Waals surface area contributed by atoms with Crippen LogP contribution in [0.15, 0.2) is 70.0 Å². The molecule has 3 aromatic heterocycles. The Bertz CT molecular complexity index is 1440. The largest absolute Gasteiger partial charge is 0.502 e. The highest BCUT2D eigenvalue weighted by Crippen LogP contribution is 2.42. The lowest BCUT2D eigenvalue weighted by Gasteiger charge is -2.41. The molecule has 37 heavy (non-hydrogen) atoms. The number of aromatic hydroxyl groups is 1. The van der Waals surface area contributed by atoms with Crippen molar-refractivity contribution >= 4 is 11.6 Å². The summed E-state index contributed by atoms with van der Waals surface area (Å²) in [7, 11) is 0. The Hall–Kier alpha value is -3.98. The fraction of sp³-hybridized carbons (Fsp3) is 0.357. The molecule has 9 nitrogen and oxygen atoms in total. The van der Waals surface area contributed by atoms with E-state index in [2.05, 4.69) is 32.5 Å². The first-order chi connectivity index (χ1) is 17.9. The van der Waals surface area contributed by atoms with Crippen LogP contribution in [0.3, 0.4) is 0 Å². The molecule has 1 aliphatic rings. The summed E-state index contributed by atoms with van der Waals surface area (Å²) in [5.74, 6) is 0.847. The molecule has 9 heteroatoms. The molecular formula is C28H31N5O4. The van der Waals surface area contributed by atoms with Gasteiger partial charge in [-0.2, -0.15) is 0 Å². The van der Waals surface area contributed by atoms with Crippen LogP contribution in [0.4, 0.5) is 0 Å². The van der Waals surface area contributed by atoms with Crippen molar-refractivity contribution in [3.8, 4) is 5.75 Å². The van der Waals surface area contributed by atoms with Gasteiger partial charge in [0.2, 0.25) is 17.1 Å². The van der Waals surface area contributed by atoms with Gasteiger partial charge < -0.3 is 14.8 Å². The van der Waals surface area contributed by atoms with Crippen molar-refractivity contribution in [2.24, 2.45) is 0 Å². The monoisotopic (exact) mass is 501 g/mol. The number of carbonyl (C=O) groups is 1. The van der Waals surface area contributed by atoms with Gasteiger partial charge in [0, 0.05) is 43.6 Å². The van der Waals surface area contributed by atoms with Crippen LogP contribution in [-0.2, 0) is 23.2 Å². The Balaban J connectivity index is 1.30. The lowest BCUT2D eigenvalue weighted by atomic mass is 9.72. The number of aryl methyl sites for hydroxylation is 1. The normalized spacial score (nSPS) is 15.6. The molecule has 1 fully saturated rings. The minimum Gasteiger partial charge on any atom is -0.502 e. The number of hydrogen-bond acceptors (Lipinski definition) is 7. The topological polar surface area (TPSA) is 113 Å². The van der Waals surface area contributed by atoms with Crippen LogP contribution in [0.5, 0.6) is 5.75 Å². The summed E-state index contributed by atoms with van der Waals surface area (Å²) in [5.41, 5.74) is 0.728. The second-order valence-corrected chi connectivity index (χ2v) is 9.76. The summed E-state index contributed by atoms with van der Waals surface area (Å²) in [6.45, 7) is 4.31. The Labute approximate surface area is 214 Å². The molecule has 0 atom stereocenters. The van der Waals surface area contributed by atoms with Gasteiger partial charge in [0.15, 0.2) is 11.4 Å². The average Bonchev–Trinajstić information content (AvgIpc) is 3.31. The zero-order valence-corrected chi connectivity index (χ0v) is 20.9. The van der Waals surface area contributed by atoms with E-state index in [-0.39, 0.29) is 18.1 Å². The molecule has 1 amide bonds. The number of nitrogens with one attached hydrogen (secondary N) is 1. The second-order valence-electron chi connectivity index (χ2n) is 9.76. The molecule has 0 aliphatic carbocycles. The van der Waals surface area contributed by atoms with E-state index in [0.717, 1.165) is 18.0 Å². The zero-order valence-electron chi connectivity index (χ0n) is 20.9. The van der Waals surface area contributed by atoms with Crippen LogP contribution < -0.4 is 10.7 Å². The average molecular weight is 502 g/mol. The third kappa shape index (κ3) is 5.41. The molecule has 192 valence electrons. The third-order valence-corrected chi connectivity index (χ3v) is 7.14. The fourth-order valence-electron chi connectivity index (χ4n) is 5.17. The molecule has 5 rings (SSSR count). The number of nitrogens with zero attached hydrogens (tertiary/aromatic N) is 4. The SMILES string of the molecule is Cc1cc(=O)c(O)c(C2(CC(=O)NCCc3nnc4ccccn34)CCN(Cc3ccccc3)CC2)o1. The molecule has 0 radical (unpaired) electrons. The number of amides is 1. The highest BCUT2D eigenvalue weighted by molar-refractivity contribution is 5.77. The zero-order chi connectivity index (χ0) is 25.8. The van der Waals surface area contributed by atoms with Crippen LogP contribution in [-0.4, -0.2) is 50.1 Å². The first-order valence-electron chi connectivity index (χ1n) is 12.6. The summed E-state index contributed by atoms with van der Waals surface area (Å²) in [6, 6.07) is 17.2. The predicted octanol–water partition coefficient (Wildman–Crippen LogP) is 2.98. The molecule has 1 saturated heterocycles. The van der Waals surface area contributed by atoms with Gasteiger partial charge >= 0.3 is 0 Å². The van der Waals surface area contributed by atoms with Crippen molar-refractivity contribution in [1.82, 2.24) is 24.8 Å². The Morgan fingerprint density at radius 2 is 1.86 bits per heavy atom. The molecule has 0 spiro atoms. The van der Waals surface area contributed by atoms with Crippen molar-refractivity contribution < 1.29 is 14.3 Å². The second kappa shape index (κ2) is 10.6. The number of carbonyl (C=O) groups excluding carboxylic acids is 1. The van der Waals surface area contributed by atoms with Crippen molar-refractivity contribution in [3.05, 3.63) is 93.9 Å². The summed E-state index contributed by atoms with van der Waals surface area (Å²) < 4.78 is 7.83. The summed E-state index contributed by atoms with van der Waals surface area (Å²) in [4.78, 5) is 27.9. The van der Waals surface area contributed by atoms with E-state index >= 15 is 0 Å². The maximum absolute atomic E-state index is 13.2. The number of pyridine rings is 1. The van der Waals surface area contributed by atoms with Gasteiger partial charge in [-0.25, -0.2) is 0 Å². The van der Waals surface area contributed by atoms with Crippen LogP contribution in [0, 0.1) is 6.92 Å². The highest BCUT2D eigenvalue weighted by atomic mass is 16.4. The van der Waals surface area contributed by atoms with E-state index in [1.165, 1.54) is 11.6 Å². The van der Waals surface area contributed by atoms with E-state index < -0.39 is 16.6 Å². The Morgan fingerprint density at radius 1 is 1.11 bits per heavy atom. The molecular weight excluding hydrogens is 470 g/mol. The summed E-state index contributed by atoms with van der Waals surface area (Å²) in [5, 5.41) is 22.0. The van der Waals surface area contributed by atoms with E-state index in [9.17, 15) is 14.7 Å². The summed E-state index contributed by atoms with van der Waals surface area (Å²) >= 11 is 0. The number of piperidine rings is 1. The number of rotatable bonds is 8. The van der Waals surface area contributed by atoms with Crippen molar-refractivity contribution in [3.63, 3.8) is 0 Å². The first kappa shape index (κ1) is 24.7. The standard InChI is InChI=1S/C28H31N5O4/c1-20-17-22(34)26(36)27(37-20)28(11-15-32(16-12-28)19-21-7-3-2-4-8-21)18-25(35)29-13-10-24-31-30-23-9-5-6-14-33(23)24/h2-9,14,17,36H,10-13,15-16,18-19H2,1H3,(H,29,35). The maximum Gasteiger partial charge on any atom is 0.227 e. The van der Waals surface area contributed by atoms with E-state index in [4.69, 9.17) is 4.42 Å². The van der Waals surface area contributed by atoms with Gasteiger partial charge in [0.25, 0.3) is 0 Å². The Morgan fingerprint density at radius 3 is 2.65 bits per heavy atom. The van der Waals surface area contributed by atoms with Crippen molar-refractivity contribution in [2.45, 2.75) is 44.6 Å². The minimum absolute atomic E-state index is 0.118. The van der Waals surface area contributed by atoms with Gasteiger partial charge in [-0.1, -0.05) is 36.4 Å². The van der Waals surface area contributed by atoms with Gasteiger partial charge in [-0.3, -0.25) is 18.9 Å². The lowest BCUT2D eigenvalue weighted by molar-refractivity contribution is -0.123. The van der Waals surface area contributed by atoms with Crippen molar-refractivity contribution in [2.75, 3.05) is 19.6 Å². The Kier molecular flexibility index (Phi) is 7.05. The fourth-order valence-corrected chi connectivity index (χ4v) is 5.17. The molecule has 0 bridgehead atoms. The van der Waals surface area contributed by atoms with Gasteiger partial charge in [0.1, 0.15) is 11.6 Å². The number of hydrogen-bond donors (Lipinski definition) is 2. The molecule has 4 heterocycles. The summed E-state index contributed by atoms with van der Waals surface area (Å²) in [6.07, 6.45) is 3.71. The lowest BCUT2D eigenvalue weighted by Crippen LogP contribution is -2.45. The number of fused-ring (bicyclic) bond motifs is 1. The predicted molar refractivity (Wildman–Crippen MR) is 138 cm³/mol. The number of aromatic nitrogens is 3. The third-order valence-electron chi connectivity index (χ3n) is 7.14. The molecule has 2 N–H and O–H groups in total. The van der Waals surface area contributed by atoms with Gasteiger partial charge in [0.05, 0.1) is 0 Å². The van der Waals surface area contributed by atoms with Crippen LogP contribution in [0.1, 0.15) is 42.2 Å². The number of benzene rings is 1. The van der Waals surface area contributed by atoms with E-state index in [1.807, 2.05) is 47.0 Å². The maximum atomic E-state index is 13.2. The first-order valence-corrected chi connectivity index (χ1v) is 12.6. The van der Waals surface area contributed by atoms with Gasteiger partial charge in [-0.15, -0.1) is 10.2 Å². The van der Waals surface area contributed by atoms with Crippen LogP contribution >= 0.6 is 0 Å². The quantitative estimate of drug-likeness (QED) is 0.382. The smallest absolute Gasteiger partial charge is 0.227 e. The van der Waals surface area contributed by atoms with Crippen LogP contribution in [0.25, 0.3) is 5.65 Å². The van der Waals surface area contributed by atoms with E-state index in [1.54, 1.807) is 6.92 Å². The minimum atomic E-state index is -0.770. The molecule has 4 aromatic rings. The molecule has 1 aromatic carbocycles. The highest BCUT2D eigenvalue weighted by Gasteiger charge is 2.43. The molecule has 0 unspecified atom stereocenters. The molecule has 1 aliphatic heterocycles. The number of likely N-dealkylation sites (tertiary alicyclic amines) is 1. The van der Waals surface area contributed by atoms with Crippen LogP contribution in [0.2, 0.25) is 0 Å². The van der Waals surface area contributed by atoms with E-state index in [0.29, 0.717) is 44.7 Å². The van der Waals surface area contributed by atoms with Crippen molar-refractivity contribution in [1.29, 1.82) is 0 Å². The van der Waals surface area contributed by atoms with Gasteiger partial charge in [-0.05, 0) is 50.6 Å². The molecule has 0 saturated carbocycles.